The van der Waals surface area contributed by atoms with Crippen LogP contribution in [0, 0.1) is 6.92 Å². The molecule has 1 atom stereocenters. The molecule has 0 spiro atoms. The Balaban J connectivity index is 2.47. The summed E-state index contributed by atoms with van der Waals surface area (Å²) in [5, 5.41) is 11.2. The van der Waals surface area contributed by atoms with E-state index >= 15 is 0 Å². The first-order valence-electron chi connectivity index (χ1n) is 5.38. The van der Waals surface area contributed by atoms with Gasteiger partial charge in [0.2, 0.25) is 0 Å². The SMILES string of the molecule is Cc1cc(Cl)ccc1C(O)c1cc(Br)ccc1Br. The maximum absolute atomic E-state index is 10.5. The number of hydrogen-bond acceptors (Lipinski definition) is 1. The van der Waals surface area contributed by atoms with E-state index < -0.39 is 6.10 Å². The van der Waals surface area contributed by atoms with Gasteiger partial charge in [-0.2, -0.15) is 0 Å². The van der Waals surface area contributed by atoms with Gasteiger partial charge in [0.1, 0.15) is 6.10 Å². The molecule has 0 aliphatic carbocycles. The standard InChI is InChI=1S/C14H11Br2ClO/c1-8-6-10(17)3-4-11(8)14(18)12-7-9(15)2-5-13(12)16/h2-7,14,18H,1H3. The molecule has 1 nitrogen and oxygen atoms in total. The fourth-order valence-electron chi connectivity index (χ4n) is 1.84. The molecular weight excluding hydrogens is 379 g/mol. The quantitative estimate of drug-likeness (QED) is 0.742. The molecule has 0 heterocycles. The molecule has 2 aromatic rings. The lowest BCUT2D eigenvalue weighted by Crippen LogP contribution is -2.03. The summed E-state index contributed by atoms with van der Waals surface area (Å²) < 4.78 is 1.82. The summed E-state index contributed by atoms with van der Waals surface area (Å²) in [5.74, 6) is 0. The van der Waals surface area contributed by atoms with E-state index in [1.54, 1.807) is 6.07 Å². The Hall–Kier alpha value is -0.350. The first kappa shape index (κ1) is 14.1. The van der Waals surface area contributed by atoms with Crippen molar-refractivity contribution in [2.45, 2.75) is 13.0 Å². The van der Waals surface area contributed by atoms with Crippen LogP contribution in [-0.2, 0) is 0 Å². The van der Waals surface area contributed by atoms with Gasteiger partial charge in [0.15, 0.2) is 0 Å². The molecule has 0 aliphatic rings. The van der Waals surface area contributed by atoms with E-state index in [-0.39, 0.29) is 0 Å². The van der Waals surface area contributed by atoms with Crippen molar-refractivity contribution >= 4 is 43.5 Å². The number of rotatable bonds is 2. The topological polar surface area (TPSA) is 20.2 Å². The van der Waals surface area contributed by atoms with Crippen molar-refractivity contribution in [3.05, 3.63) is 67.1 Å². The Labute approximate surface area is 128 Å². The third-order valence-corrected chi connectivity index (χ3v) is 4.23. The molecule has 2 aromatic carbocycles. The molecular formula is C14H11Br2ClO. The Bertz CT molecular complexity index is 584. The van der Waals surface area contributed by atoms with Gasteiger partial charge in [-0.1, -0.05) is 49.5 Å². The van der Waals surface area contributed by atoms with Gasteiger partial charge < -0.3 is 5.11 Å². The van der Waals surface area contributed by atoms with Crippen LogP contribution in [0.4, 0.5) is 0 Å². The zero-order chi connectivity index (χ0) is 13.3. The maximum atomic E-state index is 10.5. The van der Waals surface area contributed by atoms with Crippen molar-refractivity contribution in [2.75, 3.05) is 0 Å². The highest BCUT2D eigenvalue weighted by Crippen LogP contribution is 2.33. The zero-order valence-corrected chi connectivity index (χ0v) is 13.6. The van der Waals surface area contributed by atoms with E-state index in [9.17, 15) is 5.11 Å². The summed E-state index contributed by atoms with van der Waals surface area (Å²) >= 11 is 12.8. The summed E-state index contributed by atoms with van der Waals surface area (Å²) in [6, 6.07) is 11.2. The number of aliphatic hydroxyl groups excluding tert-OH is 1. The molecule has 4 heteroatoms. The predicted octanol–water partition coefficient (Wildman–Crippen LogP) is 5.26. The van der Waals surface area contributed by atoms with Gasteiger partial charge >= 0.3 is 0 Å². The minimum absolute atomic E-state index is 0.672. The van der Waals surface area contributed by atoms with Crippen molar-refractivity contribution in [1.29, 1.82) is 0 Å². The van der Waals surface area contributed by atoms with Gasteiger partial charge in [0.25, 0.3) is 0 Å². The average molecular weight is 391 g/mol. The van der Waals surface area contributed by atoms with Crippen LogP contribution in [0.25, 0.3) is 0 Å². The molecule has 0 aromatic heterocycles. The normalized spacial score (nSPS) is 12.5. The second kappa shape index (κ2) is 5.74. The molecule has 18 heavy (non-hydrogen) atoms. The second-order valence-electron chi connectivity index (χ2n) is 4.07. The summed E-state index contributed by atoms with van der Waals surface area (Å²) in [6.45, 7) is 1.94. The molecule has 0 saturated heterocycles. The van der Waals surface area contributed by atoms with Gasteiger partial charge in [-0.05, 0) is 48.4 Å². The Morgan fingerprint density at radius 3 is 2.44 bits per heavy atom. The number of aliphatic hydroxyl groups is 1. The smallest absolute Gasteiger partial charge is 0.105 e. The molecule has 0 aliphatic heterocycles. The predicted molar refractivity (Wildman–Crippen MR) is 82.1 cm³/mol. The molecule has 0 fully saturated rings. The van der Waals surface area contributed by atoms with Crippen LogP contribution in [0.1, 0.15) is 22.8 Å². The maximum Gasteiger partial charge on any atom is 0.105 e. The number of hydrogen-bond donors (Lipinski definition) is 1. The van der Waals surface area contributed by atoms with Crippen LogP contribution in [0.3, 0.4) is 0 Å². The third-order valence-electron chi connectivity index (χ3n) is 2.78. The van der Waals surface area contributed by atoms with Gasteiger partial charge in [-0.15, -0.1) is 0 Å². The second-order valence-corrected chi connectivity index (χ2v) is 6.28. The summed E-state index contributed by atoms with van der Waals surface area (Å²) in [4.78, 5) is 0. The van der Waals surface area contributed by atoms with E-state index in [1.807, 2.05) is 37.3 Å². The molecule has 1 N–H and O–H groups in total. The molecule has 0 amide bonds. The van der Waals surface area contributed by atoms with Crippen LogP contribution >= 0.6 is 43.5 Å². The highest BCUT2D eigenvalue weighted by molar-refractivity contribution is 9.11. The van der Waals surface area contributed by atoms with Crippen LogP contribution in [-0.4, -0.2) is 5.11 Å². The van der Waals surface area contributed by atoms with Crippen molar-refractivity contribution in [3.8, 4) is 0 Å². The molecule has 0 bridgehead atoms. The fourth-order valence-corrected chi connectivity index (χ4v) is 2.91. The Morgan fingerprint density at radius 2 is 1.78 bits per heavy atom. The first-order chi connectivity index (χ1) is 8.49. The minimum Gasteiger partial charge on any atom is -0.384 e. The molecule has 1 unspecified atom stereocenters. The van der Waals surface area contributed by atoms with Crippen LogP contribution in [0.2, 0.25) is 5.02 Å². The fraction of sp³-hybridized carbons (Fsp3) is 0.143. The lowest BCUT2D eigenvalue weighted by atomic mass is 9.98. The molecule has 0 saturated carbocycles. The van der Waals surface area contributed by atoms with E-state index in [0.717, 1.165) is 25.6 Å². The van der Waals surface area contributed by atoms with Gasteiger partial charge in [-0.3, -0.25) is 0 Å². The summed E-state index contributed by atoms with van der Waals surface area (Å²) in [5.41, 5.74) is 2.66. The van der Waals surface area contributed by atoms with Crippen LogP contribution in [0.5, 0.6) is 0 Å². The van der Waals surface area contributed by atoms with Gasteiger partial charge in [-0.25, -0.2) is 0 Å². The van der Waals surface area contributed by atoms with Crippen molar-refractivity contribution in [1.82, 2.24) is 0 Å². The zero-order valence-electron chi connectivity index (χ0n) is 9.62. The summed E-state index contributed by atoms with van der Waals surface area (Å²) in [7, 11) is 0. The van der Waals surface area contributed by atoms with E-state index in [1.165, 1.54) is 0 Å². The molecule has 2 rings (SSSR count). The van der Waals surface area contributed by atoms with Crippen molar-refractivity contribution in [2.24, 2.45) is 0 Å². The average Bonchev–Trinajstić information content (AvgIpc) is 2.31. The minimum atomic E-state index is -0.672. The van der Waals surface area contributed by atoms with E-state index in [2.05, 4.69) is 31.9 Å². The highest BCUT2D eigenvalue weighted by atomic mass is 79.9. The van der Waals surface area contributed by atoms with Crippen LogP contribution in [0.15, 0.2) is 45.3 Å². The van der Waals surface area contributed by atoms with E-state index in [0.29, 0.717) is 5.02 Å². The Morgan fingerprint density at radius 1 is 1.06 bits per heavy atom. The van der Waals surface area contributed by atoms with Crippen LogP contribution < -0.4 is 0 Å². The lowest BCUT2D eigenvalue weighted by molar-refractivity contribution is 0.218. The number of benzene rings is 2. The van der Waals surface area contributed by atoms with Gasteiger partial charge in [0, 0.05) is 19.5 Å². The Kier molecular flexibility index (Phi) is 4.49. The van der Waals surface area contributed by atoms with Crippen molar-refractivity contribution in [3.63, 3.8) is 0 Å². The van der Waals surface area contributed by atoms with Gasteiger partial charge in [0.05, 0.1) is 0 Å². The third kappa shape index (κ3) is 2.97. The van der Waals surface area contributed by atoms with E-state index in [4.69, 9.17) is 11.6 Å². The lowest BCUT2D eigenvalue weighted by Gasteiger charge is -2.16. The summed E-state index contributed by atoms with van der Waals surface area (Å²) in [6.07, 6.45) is -0.672. The molecule has 94 valence electrons. The highest BCUT2D eigenvalue weighted by Gasteiger charge is 2.16. The van der Waals surface area contributed by atoms with Crippen molar-refractivity contribution < 1.29 is 5.11 Å². The molecule has 0 radical (unpaired) electrons. The first-order valence-corrected chi connectivity index (χ1v) is 7.34. The largest absolute Gasteiger partial charge is 0.384 e. The monoisotopic (exact) mass is 388 g/mol. The number of halogens is 3. The number of aryl methyl sites for hydroxylation is 1.